The molecule has 0 aliphatic carbocycles. The summed E-state index contributed by atoms with van der Waals surface area (Å²) < 4.78 is 121. The third kappa shape index (κ3) is 4.99. The second kappa shape index (κ2) is 8.84. The van der Waals surface area contributed by atoms with E-state index in [1.165, 1.54) is 6.92 Å². The van der Waals surface area contributed by atoms with E-state index in [1.807, 2.05) is 0 Å². The number of nitriles is 1. The standard InChI is InChI=1S/C20H17F8N3O2/c1-11-6-14(4-2-12(11)8-29)32-9-17(21,22)19(25,26)20(27,28)18(23,24)10-33-16-5-3-13(30)7-15(16)31/h2-7H,9-10,30-31H2,1H3. The molecule has 33 heavy (non-hydrogen) atoms. The van der Waals surface area contributed by atoms with Crippen LogP contribution in [0.2, 0.25) is 0 Å². The first kappa shape index (κ1) is 25.8. The summed E-state index contributed by atoms with van der Waals surface area (Å²) in [5.41, 5.74) is 10.8. The number of nitrogen functional groups attached to an aromatic ring is 2. The van der Waals surface area contributed by atoms with E-state index in [2.05, 4.69) is 9.47 Å². The van der Waals surface area contributed by atoms with Gasteiger partial charge in [-0.2, -0.15) is 40.4 Å². The number of aryl methyl sites for hydroxylation is 1. The Morgan fingerprint density at radius 3 is 1.85 bits per heavy atom. The fourth-order valence-corrected chi connectivity index (χ4v) is 2.53. The van der Waals surface area contributed by atoms with Crippen LogP contribution >= 0.6 is 0 Å². The summed E-state index contributed by atoms with van der Waals surface area (Å²) in [6, 6.07) is 7.89. The molecule has 0 bridgehead atoms. The molecule has 0 fully saturated rings. The number of hydrogen-bond acceptors (Lipinski definition) is 5. The van der Waals surface area contributed by atoms with Gasteiger partial charge in [-0.1, -0.05) is 0 Å². The quantitative estimate of drug-likeness (QED) is 0.386. The minimum absolute atomic E-state index is 0.0700. The molecule has 0 radical (unpaired) electrons. The topological polar surface area (TPSA) is 94.3 Å². The van der Waals surface area contributed by atoms with Crippen molar-refractivity contribution in [2.24, 2.45) is 0 Å². The van der Waals surface area contributed by atoms with Gasteiger partial charge in [0.15, 0.2) is 13.2 Å². The van der Waals surface area contributed by atoms with Gasteiger partial charge in [-0.15, -0.1) is 0 Å². The average molecular weight is 483 g/mol. The van der Waals surface area contributed by atoms with Crippen molar-refractivity contribution in [3.05, 3.63) is 47.5 Å². The van der Waals surface area contributed by atoms with Crippen molar-refractivity contribution in [3.63, 3.8) is 0 Å². The first-order valence-corrected chi connectivity index (χ1v) is 8.98. The van der Waals surface area contributed by atoms with Crippen LogP contribution in [0.25, 0.3) is 0 Å². The minimum Gasteiger partial charge on any atom is -0.487 e. The lowest BCUT2D eigenvalue weighted by molar-refractivity contribution is -0.371. The summed E-state index contributed by atoms with van der Waals surface area (Å²) in [5, 5.41) is 8.80. The molecule has 0 aromatic heterocycles. The molecule has 2 rings (SSSR count). The number of hydrogen-bond donors (Lipinski definition) is 2. The number of halogens is 8. The molecule has 180 valence electrons. The smallest absolute Gasteiger partial charge is 0.381 e. The molecule has 0 amide bonds. The molecular formula is C20H17F8N3O2. The van der Waals surface area contributed by atoms with Gasteiger partial charge in [-0.25, -0.2) is 0 Å². The molecule has 0 saturated heterocycles. The number of benzene rings is 2. The Labute approximate surface area is 182 Å². The zero-order chi connectivity index (χ0) is 25.2. The van der Waals surface area contributed by atoms with Crippen LogP contribution in [0, 0.1) is 18.3 Å². The molecule has 0 spiro atoms. The van der Waals surface area contributed by atoms with Crippen molar-refractivity contribution in [1.82, 2.24) is 0 Å². The molecular weight excluding hydrogens is 466 g/mol. The highest BCUT2D eigenvalue weighted by molar-refractivity contribution is 5.60. The summed E-state index contributed by atoms with van der Waals surface area (Å²) in [5.74, 6) is -25.6. The van der Waals surface area contributed by atoms with Gasteiger partial charge in [0.25, 0.3) is 0 Å². The first-order valence-electron chi connectivity index (χ1n) is 8.98. The molecule has 0 atom stereocenters. The zero-order valence-electron chi connectivity index (χ0n) is 16.8. The summed E-state index contributed by atoms with van der Waals surface area (Å²) >= 11 is 0. The van der Waals surface area contributed by atoms with Crippen LogP contribution in [0.4, 0.5) is 46.5 Å². The highest BCUT2D eigenvalue weighted by atomic mass is 19.4. The maximum atomic E-state index is 14.0. The summed E-state index contributed by atoms with van der Waals surface area (Å²) in [6.07, 6.45) is 0. The maximum Gasteiger partial charge on any atom is 0.381 e. The molecule has 0 aliphatic rings. The predicted octanol–water partition coefficient (Wildman–Crippen LogP) is 5.03. The summed E-state index contributed by atoms with van der Waals surface area (Å²) in [6.45, 7) is -3.35. The van der Waals surface area contributed by atoms with E-state index in [-0.39, 0.29) is 22.5 Å². The molecule has 0 saturated carbocycles. The predicted molar refractivity (Wildman–Crippen MR) is 102 cm³/mol. The summed E-state index contributed by atoms with van der Waals surface area (Å²) in [7, 11) is 0. The first-order chi connectivity index (χ1) is 15.1. The van der Waals surface area contributed by atoms with Crippen molar-refractivity contribution in [3.8, 4) is 17.6 Å². The second-order valence-electron chi connectivity index (χ2n) is 7.02. The Morgan fingerprint density at radius 1 is 0.818 bits per heavy atom. The number of ether oxygens (including phenoxy) is 2. The SMILES string of the molecule is Cc1cc(OCC(F)(F)C(F)(F)C(F)(F)C(F)(F)COc2ccc(N)cc2N)ccc1C#N. The van der Waals surface area contributed by atoms with Crippen LogP contribution in [0.5, 0.6) is 11.5 Å². The van der Waals surface area contributed by atoms with E-state index < -0.39 is 48.4 Å². The van der Waals surface area contributed by atoms with Gasteiger partial charge in [0, 0.05) is 5.69 Å². The lowest BCUT2D eigenvalue weighted by Gasteiger charge is -2.36. The van der Waals surface area contributed by atoms with Crippen LogP contribution in [-0.4, -0.2) is 36.9 Å². The van der Waals surface area contributed by atoms with Crippen LogP contribution in [0.1, 0.15) is 11.1 Å². The number of anilines is 2. The van der Waals surface area contributed by atoms with Gasteiger partial charge in [0.05, 0.1) is 17.3 Å². The molecule has 4 N–H and O–H groups in total. The Kier molecular flexibility index (Phi) is 6.92. The van der Waals surface area contributed by atoms with Gasteiger partial charge >= 0.3 is 23.7 Å². The van der Waals surface area contributed by atoms with Gasteiger partial charge in [0.2, 0.25) is 0 Å². The molecule has 0 aliphatic heterocycles. The van der Waals surface area contributed by atoms with Crippen LogP contribution in [-0.2, 0) is 0 Å². The molecule has 2 aromatic rings. The molecule has 5 nitrogen and oxygen atoms in total. The van der Waals surface area contributed by atoms with Gasteiger partial charge in [0.1, 0.15) is 11.5 Å². The fourth-order valence-electron chi connectivity index (χ4n) is 2.53. The van der Waals surface area contributed by atoms with Crippen molar-refractivity contribution in [2.75, 3.05) is 24.7 Å². The third-order valence-electron chi connectivity index (χ3n) is 4.49. The highest BCUT2D eigenvalue weighted by Crippen LogP contribution is 2.52. The normalized spacial score (nSPS) is 12.8. The van der Waals surface area contributed by atoms with Crippen molar-refractivity contribution in [1.29, 1.82) is 5.26 Å². The van der Waals surface area contributed by atoms with Gasteiger partial charge in [-0.3, -0.25) is 0 Å². The number of nitrogens with zero attached hydrogens (tertiary/aromatic N) is 1. The van der Waals surface area contributed by atoms with Crippen LogP contribution in [0.15, 0.2) is 36.4 Å². The average Bonchev–Trinajstić information content (AvgIpc) is 2.71. The molecule has 0 heterocycles. The Bertz CT molecular complexity index is 1050. The van der Waals surface area contributed by atoms with Gasteiger partial charge in [-0.05, 0) is 48.9 Å². The third-order valence-corrected chi connectivity index (χ3v) is 4.49. The Hall–Kier alpha value is -3.43. The monoisotopic (exact) mass is 483 g/mol. The van der Waals surface area contributed by atoms with E-state index in [0.717, 1.165) is 36.4 Å². The summed E-state index contributed by atoms with van der Waals surface area (Å²) in [4.78, 5) is 0. The van der Waals surface area contributed by atoms with Crippen molar-refractivity contribution >= 4 is 11.4 Å². The number of nitrogens with two attached hydrogens (primary N) is 2. The minimum atomic E-state index is -6.55. The Balaban J connectivity index is 2.19. The van der Waals surface area contributed by atoms with Gasteiger partial charge < -0.3 is 20.9 Å². The van der Waals surface area contributed by atoms with Crippen LogP contribution < -0.4 is 20.9 Å². The van der Waals surface area contributed by atoms with E-state index in [9.17, 15) is 35.1 Å². The van der Waals surface area contributed by atoms with Crippen LogP contribution in [0.3, 0.4) is 0 Å². The highest BCUT2D eigenvalue weighted by Gasteiger charge is 2.81. The lowest BCUT2D eigenvalue weighted by Crippen LogP contribution is -2.65. The number of rotatable bonds is 9. The fraction of sp³-hybridized carbons (Fsp3) is 0.350. The van der Waals surface area contributed by atoms with E-state index in [1.54, 1.807) is 6.07 Å². The van der Waals surface area contributed by atoms with E-state index in [0.29, 0.717) is 0 Å². The second-order valence-corrected chi connectivity index (χ2v) is 7.02. The molecule has 0 unspecified atom stereocenters. The lowest BCUT2D eigenvalue weighted by atomic mass is 9.99. The molecule has 13 heteroatoms. The van der Waals surface area contributed by atoms with Crippen molar-refractivity contribution < 1.29 is 44.6 Å². The van der Waals surface area contributed by atoms with E-state index >= 15 is 0 Å². The molecule has 2 aromatic carbocycles. The number of alkyl halides is 8. The van der Waals surface area contributed by atoms with E-state index in [4.69, 9.17) is 16.7 Å². The maximum absolute atomic E-state index is 14.0. The largest absolute Gasteiger partial charge is 0.487 e. The van der Waals surface area contributed by atoms with Crippen molar-refractivity contribution in [2.45, 2.75) is 30.6 Å². The Morgan fingerprint density at radius 2 is 1.36 bits per heavy atom. The zero-order valence-corrected chi connectivity index (χ0v) is 16.8.